The fourth-order valence-corrected chi connectivity index (χ4v) is 1.59. The Balaban J connectivity index is 2.72. The number of nitrogens with zero attached hydrogens (tertiary/aromatic N) is 1. The lowest BCUT2D eigenvalue weighted by molar-refractivity contribution is -0.112. The maximum Gasteiger partial charge on any atom is 0.267 e. The number of nitrogens with one attached hydrogen (secondary N) is 2. The molecular formula is C15H18ClN3O. The summed E-state index contributed by atoms with van der Waals surface area (Å²) in [5.41, 5.74) is 1.53. The summed E-state index contributed by atoms with van der Waals surface area (Å²) in [5, 5.41) is 15.2. The Kier molecular flexibility index (Phi) is 6.08. The third-order valence-corrected chi connectivity index (χ3v) is 2.97. The van der Waals surface area contributed by atoms with Crippen molar-refractivity contribution in [1.29, 1.82) is 5.26 Å². The molecule has 0 unspecified atom stereocenters. The van der Waals surface area contributed by atoms with Gasteiger partial charge in [0.15, 0.2) is 0 Å². The molecule has 0 aromatic heterocycles. The molecule has 0 bridgehead atoms. The van der Waals surface area contributed by atoms with Gasteiger partial charge in [-0.1, -0.05) is 31.5 Å². The zero-order valence-corrected chi connectivity index (χ0v) is 12.6. The molecule has 1 rings (SSSR count). The van der Waals surface area contributed by atoms with E-state index in [4.69, 9.17) is 16.9 Å². The summed E-state index contributed by atoms with van der Waals surface area (Å²) in [6, 6.07) is 7.09. The van der Waals surface area contributed by atoms with Gasteiger partial charge in [0.2, 0.25) is 0 Å². The fourth-order valence-electron chi connectivity index (χ4n) is 1.41. The number of amides is 1. The van der Waals surface area contributed by atoms with Crippen molar-refractivity contribution >= 4 is 23.2 Å². The number of carbonyl (C=O) groups excluding carboxylic acids is 1. The summed E-state index contributed by atoms with van der Waals surface area (Å²) in [5.74, 6) is -0.0196. The standard InChI is InChI=1S/C15H18ClN3O/c1-10(2)8-18-9-12(7-17)15(20)19-13-5-4-11(3)14(16)6-13/h4-6,9-10,18H,8H2,1-3H3,(H,19,20)/b12-9-. The van der Waals surface area contributed by atoms with E-state index < -0.39 is 5.91 Å². The molecule has 4 nitrogen and oxygen atoms in total. The number of halogens is 1. The first-order valence-electron chi connectivity index (χ1n) is 6.35. The van der Waals surface area contributed by atoms with Gasteiger partial charge in [-0.2, -0.15) is 5.26 Å². The van der Waals surface area contributed by atoms with Gasteiger partial charge in [0.25, 0.3) is 5.91 Å². The van der Waals surface area contributed by atoms with E-state index in [1.165, 1.54) is 6.20 Å². The van der Waals surface area contributed by atoms with Crippen LogP contribution in [0.2, 0.25) is 5.02 Å². The van der Waals surface area contributed by atoms with Gasteiger partial charge in [-0.05, 0) is 30.5 Å². The van der Waals surface area contributed by atoms with Gasteiger partial charge in [-0.3, -0.25) is 4.79 Å². The molecule has 0 saturated carbocycles. The van der Waals surface area contributed by atoms with E-state index >= 15 is 0 Å². The molecule has 0 spiro atoms. The third kappa shape index (κ3) is 4.94. The largest absolute Gasteiger partial charge is 0.389 e. The molecule has 1 aromatic rings. The molecule has 0 radical (unpaired) electrons. The molecule has 106 valence electrons. The Morgan fingerprint density at radius 1 is 1.50 bits per heavy atom. The quantitative estimate of drug-likeness (QED) is 0.646. The van der Waals surface area contributed by atoms with Crippen molar-refractivity contribution in [3.8, 4) is 6.07 Å². The summed E-state index contributed by atoms with van der Waals surface area (Å²) in [7, 11) is 0. The van der Waals surface area contributed by atoms with E-state index in [0.717, 1.165) is 5.56 Å². The maximum atomic E-state index is 11.9. The first kappa shape index (κ1) is 16.1. The normalized spacial score (nSPS) is 11.1. The summed E-state index contributed by atoms with van der Waals surface area (Å²) >= 11 is 5.99. The second-order valence-corrected chi connectivity index (χ2v) is 5.30. The van der Waals surface area contributed by atoms with E-state index in [-0.39, 0.29) is 5.57 Å². The molecule has 0 aliphatic rings. The number of carbonyl (C=O) groups is 1. The first-order valence-corrected chi connectivity index (χ1v) is 6.73. The smallest absolute Gasteiger partial charge is 0.267 e. The van der Waals surface area contributed by atoms with Gasteiger partial charge < -0.3 is 10.6 Å². The van der Waals surface area contributed by atoms with Crippen LogP contribution < -0.4 is 10.6 Å². The zero-order valence-electron chi connectivity index (χ0n) is 11.8. The van der Waals surface area contributed by atoms with Crippen LogP contribution in [0.4, 0.5) is 5.69 Å². The fraction of sp³-hybridized carbons (Fsp3) is 0.333. The van der Waals surface area contributed by atoms with Gasteiger partial charge >= 0.3 is 0 Å². The van der Waals surface area contributed by atoms with Crippen LogP contribution in [0.3, 0.4) is 0 Å². The van der Waals surface area contributed by atoms with E-state index in [1.807, 2.05) is 32.9 Å². The minimum Gasteiger partial charge on any atom is -0.389 e. The summed E-state index contributed by atoms with van der Waals surface area (Å²) in [6.07, 6.45) is 1.44. The van der Waals surface area contributed by atoms with Crippen LogP contribution in [-0.2, 0) is 4.79 Å². The number of hydrogen-bond donors (Lipinski definition) is 2. The number of benzene rings is 1. The van der Waals surface area contributed by atoms with Gasteiger partial charge in [0, 0.05) is 23.5 Å². The molecule has 0 fully saturated rings. The lowest BCUT2D eigenvalue weighted by Gasteiger charge is -2.07. The Labute approximate surface area is 124 Å². The van der Waals surface area contributed by atoms with Gasteiger partial charge in [-0.15, -0.1) is 0 Å². The van der Waals surface area contributed by atoms with Crippen LogP contribution in [0.1, 0.15) is 19.4 Å². The number of aryl methyl sites for hydroxylation is 1. The molecule has 0 heterocycles. The minimum absolute atomic E-state index is 0.0300. The zero-order chi connectivity index (χ0) is 15.1. The molecule has 2 N–H and O–H groups in total. The van der Waals surface area contributed by atoms with Crippen molar-refractivity contribution in [2.24, 2.45) is 5.92 Å². The highest BCUT2D eigenvalue weighted by atomic mass is 35.5. The van der Waals surface area contributed by atoms with Crippen LogP contribution in [-0.4, -0.2) is 12.5 Å². The Morgan fingerprint density at radius 2 is 2.20 bits per heavy atom. The molecule has 0 atom stereocenters. The highest BCUT2D eigenvalue weighted by Crippen LogP contribution is 2.20. The molecule has 1 amide bonds. The monoisotopic (exact) mass is 291 g/mol. The van der Waals surface area contributed by atoms with Crippen molar-refractivity contribution in [3.05, 3.63) is 40.6 Å². The number of anilines is 1. The summed E-state index contributed by atoms with van der Waals surface area (Å²) < 4.78 is 0. The van der Waals surface area contributed by atoms with Crippen LogP contribution in [0.15, 0.2) is 30.0 Å². The third-order valence-electron chi connectivity index (χ3n) is 2.57. The molecular weight excluding hydrogens is 274 g/mol. The molecule has 0 saturated heterocycles. The van der Waals surface area contributed by atoms with Gasteiger partial charge in [-0.25, -0.2) is 0 Å². The van der Waals surface area contributed by atoms with Crippen LogP contribution in [0.25, 0.3) is 0 Å². The average Bonchev–Trinajstić information content (AvgIpc) is 2.38. The minimum atomic E-state index is -0.455. The predicted molar refractivity (Wildman–Crippen MR) is 81.4 cm³/mol. The maximum absolute atomic E-state index is 11.9. The van der Waals surface area contributed by atoms with E-state index in [1.54, 1.807) is 12.1 Å². The van der Waals surface area contributed by atoms with E-state index in [9.17, 15) is 4.79 Å². The molecule has 1 aromatic carbocycles. The molecule has 0 aliphatic heterocycles. The molecule has 20 heavy (non-hydrogen) atoms. The van der Waals surface area contributed by atoms with Crippen molar-refractivity contribution < 1.29 is 4.79 Å². The Hall–Kier alpha value is -1.99. The van der Waals surface area contributed by atoms with Crippen molar-refractivity contribution in [2.45, 2.75) is 20.8 Å². The topological polar surface area (TPSA) is 64.9 Å². The highest BCUT2D eigenvalue weighted by Gasteiger charge is 2.09. The van der Waals surface area contributed by atoms with Crippen molar-refractivity contribution in [1.82, 2.24) is 5.32 Å². The second kappa shape index (κ2) is 7.56. The van der Waals surface area contributed by atoms with Crippen LogP contribution in [0, 0.1) is 24.2 Å². The Morgan fingerprint density at radius 3 is 2.75 bits per heavy atom. The summed E-state index contributed by atoms with van der Waals surface area (Å²) in [4.78, 5) is 11.9. The SMILES string of the molecule is Cc1ccc(NC(=O)/C(C#N)=C\NCC(C)C)cc1Cl. The highest BCUT2D eigenvalue weighted by molar-refractivity contribution is 6.31. The van der Waals surface area contributed by atoms with E-state index in [2.05, 4.69) is 10.6 Å². The van der Waals surface area contributed by atoms with Crippen molar-refractivity contribution in [2.75, 3.05) is 11.9 Å². The van der Waals surface area contributed by atoms with Crippen LogP contribution in [0.5, 0.6) is 0 Å². The average molecular weight is 292 g/mol. The van der Waals surface area contributed by atoms with Crippen LogP contribution >= 0.6 is 11.6 Å². The van der Waals surface area contributed by atoms with Crippen molar-refractivity contribution in [3.63, 3.8) is 0 Å². The second-order valence-electron chi connectivity index (χ2n) is 4.89. The lowest BCUT2D eigenvalue weighted by Crippen LogP contribution is -2.19. The molecule has 5 heteroatoms. The van der Waals surface area contributed by atoms with Gasteiger partial charge in [0.05, 0.1) is 0 Å². The first-order chi connectivity index (χ1) is 9.43. The summed E-state index contributed by atoms with van der Waals surface area (Å²) in [6.45, 7) is 6.67. The lowest BCUT2D eigenvalue weighted by atomic mass is 10.2. The number of nitriles is 1. The van der Waals surface area contributed by atoms with E-state index in [0.29, 0.717) is 23.2 Å². The van der Waals surface area contributed by atoms with Gasteiger partial charge in [0.1, 0.15) is 11.6 Å². The number of rotatable bonds is 5. The Bertz CT molecular complexity index is 559. The predicted octanol–water partition coefficient (Wildman–Crippen LogP) is 3.24. The number of hydrogen-bond acceptors (Lipinski definition) is 3. The molecule has 0 aliphatic carbocycles.